The summed E-state index contributed by atoms with van der Waals surface area (Å²) in [5, 5.41) is 21.7. The van der Waals surface area contributed by atoms with Crippen molar-refractivity contribution in [2.75, 3.05) is 6.61 Å². The van der Waals surface area contributed by atoms with Crippen LogP contribution in [0, 0.1) is 18.3 Å². The molecule has 3 N–H and O–H groups in total. The molecule has 31 heavy (non-hydrogen) atoms. The first-order valence-corrected chi connectivity index (χ1v) is 11.0. The van der Waals surface area contributed by atoms with Crippen LogP contribution in [0.5, 0.6) is 0 Å². The van der Waals surface area contributed by atoms with E-state index in [-0.39, 0.29) is 32.0 Å². The van der Waals surface area contributed by atoms with Crippen LogP contribution in [0.3, 0.4) is 0 Å². The van der Waals surface area contributed by atoms with Gasteiger partial charge in [-0.3, -0.25) is 19.4 Å². The molecule has 1 heterocycles. The third kappa shape index (κ3) is 7.61. The van der Waals surface area contributed by atoms with Crippen LogP contribution in [-0.4, -0.2) is 45.7 Å². The maximum absolute atomic E-state index is 13.2. The number of carboxylic acid groups (broad SMARTS) is 2. The van der Waals surface area contributed by atoms with Gasteiger partial charge < -0.3 is 20.3 Å². The van der Waals surface area contributed by atoms with Crippen molar-refractivity contribution in [3.8, 4) is 0 Å². The Morgan fingerprint density at radius 1 is 1.23 bits per heavy atom. The molecule has 8 heteroatoms. The minimum atomic E-state index is -1.03. The van der Waals surface area contributed by atoms with Gasteiger partial charge in [0.2, 0.25) is 5.91 Å². The minimum absolute atomic E-state index is 0.0549. The van der Waals surface area contributed by atoms with Crippen molar-refractivity contribution >= 4 is 17.8 Å². The molecule has 1 amide bonds. The van der Waals surface area contributed by atoms with Gasteiger partial charge in [-0.2, -0.15) is 0 Å². The van der Waals surface area contributed by atoms with E-state index < -0.39 is 29.3 Å². The Bertz CT molecular complexity index is 743. The van der Waals surface area contributed by atoms with Gasteiger partial charge in [-0.15, -0.1) is 0 Å². The molecule has 0 spiro atoms. The Morgan fingerprint density at radius 3 is 2.48 bits per heavy atom. The molecule has 1 aliphatic rings. The number of carbonyl (C=O) groups is 3. The zero-order valence-corrected chi connectivity index (χ0v) is 18.4. The van der Waals surface area contributed by atoms with E-state index in [4.69, 9.17) is 4.74 Å². The first-order chi connectivity index (χ1) is 14.8. The smallest absolute Gasteiger partial charge is 0.306 e. The molecule has 1 aliphatic carbocycles. The molecule has 0 saturated heterocycles. The fourth-order valence-electron chi connectivity index (χ4n) is 4.31. The number of pyridine rings is 1. The number of aliphatic carboxylic acids is 2. The highest BCUT2D eigenvalue weighted by molar-refractivity contribution is 5.84. The summed E-state index contributed by atoms with van der Waals surface area (Å²) >= 11 is 0. The molecule has 2 atom stereocenters. The van der Waals surface area contributed by atoms with E-state index in [0.717, 1.165) is 30.5 Å². The molecule has 8 nitrogen and oxygen atoms in total. The number of carbonyl (C=O) groups excluding carboxylic acids is 1. The van der Waals surface area contributed by atoms with Gasteiger partial charge in [0.05, 0.1) is 37.0 Å². The maximum Gasteiger partial charge on any atom is 0.306 e. The van der Waals surface area contributed by atoms with Gasteiger partial charge in [-0.05, 0) is 44.2 Å². The molecule has 172 valence electrons. The molecule has 0 radical (unpaired) electrons. The van der Waals surface area contributed by atoms with E-state index in [2.05, 4.69) is 10.3 Å². The van der Waals surface area contributed by atoms with Crippen molar-refractivity contribution < 1.29 is 29.3 Å². The van der Waals surface area contributed by atoms with Crippen molar-refractivity contribution in [2.24, 2.45) is 11.3 Å². The number of ether oxygens (including phenoxy) is 1. The monoisotopic (exact) mass is 434 g/mol. The minimum Gasteiger partial charge on any atom is -0.481 e. The standard InChI is InChI=1S/C23H34N2O6/c1-3-6-18(21(28)29)12-23(9-4-5-10-23)22(30)25-19(11-20(26)27)15-31-14-17-8-7-16(2)24-13-17/h7-8,13,18-19H,3-6,9-12,14-15H2,1-2H3,(H,25,30)(H,26,27)(H,28,29). The van der Waals surface area contributed by atoms with Crippen LogP contribution in [0.25, 0.3) is 0 Å². The van der Waals surface area contributed by atoms with Crippen LogP contribution in [-0.2, 0) is 25.7 Å². The van der Waals surface area contributed by atoms with E-state index in [1.54, 1.807) is 6.20 Å². The van der Waals surface area contributed by atoms with Gasteiger partial charge >= 0.3 is 11.9 Å². The van der Waals surface area contributed by atoms with Gasteiger partial charge in [0.25, 0.3) is 0 Å². The van der Waals surface area contributed by atoms with Crippen LogP contribution < -0.4 is 5.32 Å². The van der Waals surface area contributed by atoms with Crippen LogP contribution in [0.1, 0.15) is 69.5 Å². The lowest BCUT2D eigenvalue weighted by molar-refractivity contribution is -0.144. The molecule has 0 aromatic carbocycles. The third-order valence-electron chi connectivity index (χ3n) is 5.98. The molecule has 1 fully saturated rings. The maximum atomic E-state index is 13.2. The molecule has 2 rings (SSSR count). The summed E-state index contributed by atoms with van der Waals surface area (Å²) in [5.41, 5.74) is 1.00. The normalized spacial score (nSPS) is 17.1. The number of amides is 1. The van der Waals surface area contributed by atoms with E-state index in [1.165, 1.54) is 0 Å². The fourth-order valence-corrected chi connectivity index (χ4v) is 4.31. The van der Waals surface area contributed by atoms with Crippen molar-refractivity contribution in [1.82, 2.24) is 10.3 Å². The zero-order chi connectivity index (χ0) is 22.9. The highest BCUT2D eigenvalue weighted by Gasteiger charge is 2.44. The Labute approximate surface area is 183 Å². The molecular formula is C23H34N2O6. The van der Waals surface area contributed by atoms with Crippen molar-refractivity contribution in [3.05, 3.63) is 29.6 Å². The topological polar surface area (TPSA) is 126 Å². The Kier molecular flexibility index (Phi) is 9.43. The van der Waals surface area contributed by atoms with Crippen LogP contribution >= 0.6 is 0 Å². The van der Waals surface area contributed by atoms with Gasteiger partial charge in [-0.1, -0.05) is 32.3 Å². The van der Waals surface area contributed by atoms with E-state index >= 15 is 0 Å². The summed E-state index contributed by atoms with van der Waals surface area (Å²) < 4.78 is 5.66. The Balaban J connectivity index is 2.02. The predicted octanol–water partition coefficient (Wildman–Crippen LogP) is 3.32. The van der Waals surface area contributed by atoms with E-state index in [1.807, 2.05) is 26.0 Å². The SMILES string of the molecule is CCCC(CC1(C(=O)NC(COCc2ccc(C)nc2)CC(=O)O)CCCC1)C(=O)O. The Hall–Kier alpha value is -2.48. The molecule has 0 bridgehead atoms. The van der Waals surface area contributed by atoms with E-state index in [9.17, 15) is 24.6 Å². The van der Waals surface area contributed by atoms with Crippen LogP contribution in [0.2, 0.25) is 0 Å². The lowest BCUT2D eigenvalue weighted by Crippen LogP contribution is -2.48. The zero-order valence-electron chi connectivity index (χ0n) is 18.4. The summed E-state index contributed by atoms with van der Waals surface area (Å²) in [6.07, 6.45) is 5.98. The average Bonchev–Trinajstić information content (AvgIpc) is 3.18. The fraction of sp³-hybridized carbons (Fsp3) is 0.652. The summed E-state index contributed by atoms with van der Waals surface area (Å²) in [5.74, 6) is -2.73. The molecule has 1 aromatic rings. The van der Waals surface area contributed by atoms with Crippen molar-refractivity contribution in [2.45, 2.75) is 77.9 Å². The molecule has 1 aromatic heterocycles. The van der Waals surface area contributed by atoms with Gasteiger partial charge in [0.1, 0.15) is 0 Å². The lowest BCUT2D eigenvalue weighted by atomic mass is 9.75. The van der Waals surface area contributed by atoms with Gasteiger partial charge in [0.15, 0.2) is 0 Å². The van der Waals surface area contributed by atoms with Crippen molar-refractivity contribution in [1.29, 1.82) is 0 Å². The van der Waals surface area contributed by atoms with Gasteiger partial charge in [0, 0.05) is 11.9 Å². The second-order valence-corrected chi connectivity index (χ2v) is 8.61. The number of hydrogen-bond acceptors (Lipinski definition) is 5. The van der Waals surface area contributed by atoms with E-state index in [0.29, 0.717) is 19.3 Å². The largest absolute Gasteiger partial charge is 0.481 e. The van der Waals surface area contributed by atoms with Gasteiger partial charge in [-0.25, -0.2) is 0 Å². The number of hydrogen-bond donors (Lipinski definition) is 3. The molecule has 2 unspecified atom stereocenters. The summed E-state index contributed by atoms with van der Waals surface area (Å²) in [6.45, 7) is 4.14. The molecule has 0 aliphatic heterocycles. The number of aromatic nitrogens is 1. The highest BCUT2D eigenvalue weighted by atomic mass is 16.5. The predicted molar refractivity (Wildman–Crippen MR) is 114 cm³/mol. The number of carboxylic acids is 2. The summed E-state index contributed by atoms with van der Waals surface area (Å²) in [6, 6.07) is 3.07. The third-order valence-corrected chi connectivity index (χ3v) is 5.98. The van der Waals surface area contributed by atoms with Crippen LogP contribution in [0.4, 0.5) is 0 Å². The quantitative estimate of drug-likeness (QED) is 0.435. The van der Waals surface area contributed by atoms with Crippen LogP contribution in [0.15, 0.2) is 18.3 Å². The molecule has 1 saturated carbocycles. The first kappa shape index (κ1) is 24.8. The second kappa shape index (κ2) is 11.8. The summed E-state index contributed by atoms with van der Waals surface area (Å²) in [4.78, 5) is 40.4. The van der Waals surface area contributed by atoms with Crippen molar-refractivity contribution in [3.63, 3.8) is 0 Å². The Morgan fingerprint density at radius 2 is 1.94 bits per heavy atom. The number of nitrogens with zero attached hydrogens (tertiary/aromatic N) is 1. The average molecular weight is 435 g/mol. The summed E-state index contributed by atoms with van der Waals surface area (Å²) in [7, 11) is 0. The highest BCUT2D eigenvalue weighted by Crippen LogP contribution is 2.44. The number of nitrogens with one attached hydrogen (secondary N) is 1. The lowest BCUT2D eigenvalue weighted by Gasteiger charge is -2.32. The first-order valence-electron chi connectivity index (χ1n) is 11.0. The number of aryl methyl sites for hydroxylation is 1. The number of rotatable bonds is 13. The molecular weight excluding hydrogens is 400 g/mol. The second-order valence-electron chi connectivity index (χ2n) is 8.61.